The van der Waals surface area contributed by atoms with E-state index in [4.69, 9.17) is 9.47 Å². The lowest BCUT2D eigenvalue weighted by Gasteiger charge is -2.10. The number of carbonyl (C=O) groups excluding carboxylic acids is 1. The van der Waals surface area contributed by atoms with Crippen molar-refractivity contribution in [2.24, 2.45) is 0 Å². The van der Waals surface area contributed by atoms with Gasteiger partial charge in [0.1, 0.15) is 18.2 Å². The van der Waals surface area contributed by atoms with Crippen molar-refractivity contribution >= 4 is 6.09 Å². The van der Waals surface area contributed by atoms with Crippen molar-refractivity contribution in [3.05, 3.63) is 36.4 Å². The van der Waals surface area contributed by atoms with Crippen LogP contribution in [0.1, 0.15) is 6.92 Å². The Bertz CT molecular complexity index is 356. The maximum Gasteiger partial charge on any atom is 0.444 e. The van der Waals surface area contributed by atoms with Crippen LogP contribution in [0.3, 0.4) is 0 Å². The highest BCUT2D eigenvalue weighted by Crippen LogP contribution is 2.11. The summed E-state index contributed by atoms with van der Waals surface area (Å²) in [4.78, 5) is 13.2. The lowest BCUT2D eigenvalue weighted by atomic mass is 10.2. The molecule has 0 heterocycles. The van der Waals surface area contributed by atoms with Crippen molar-refractivity contribution in [3.63, 3.8) is 0 Å². The van der Waals surface area contributed by atoms with Gasteiger partial charge in [0.2, 0.25) is 0 Å². The molecule has 0 saturated carbocycles. The van der Waals surface area contributed by atoms with Crippen LogP contribution in [0.15, 0.2) is 36.4 Å². The minimum Gasteiger partial charge on any atom is -0.491 e. The SMILES string of the molecule is C=C(F)/C=C(/OCCOCCNC(=O)OF)C(=C)C. The number of amides is 1. The molecule has 0 aliphatic carbocycles. The van der Waals surface area contributed by atoms with Gasteiger partial charge in [-0.3, -0.25) is 0 Å². The zero-order valence-electron chi connectivity index (χ0n) is 10.7. The quantitative estimate of drug-likeness (QED) is 0.400. The van der Waals surface area contributed by atoms with E-state index in [1.165, 1.54) is 0 Å². The maximum atomic E-state index is 12.6. The van der Waals surface area contributed by atoms with Crippen LogP contribution in [0.2, 0.25) is 0 Å². The Morgan fingerprint density at radius 2 is 2.00 bits per heavy atom. The summed E-state index contributed by atoms with van der Waals surface area (Å²) >= 11 is 0. The first-order valence-electron chi connectivity index (χ1n) is 5.46. The van der Waals surface area contributed by atoms with Crippen molar-refractivity contribution in [1.29, 1.82) is 0 Å². The molecule has 0 aliphatic heterocycles. The average Bonchev–Trinajstić information content (AvgIpc) is 2.35. The Balaban J connectivity index is 3.70. The number of hydrogen-bond donors (Lipinski definition) is 1. The van der Waals surface area contributed by atoms with Crippen molar-refractivity contribution in [2.45, 2.75) is 6.92 Å². The number of nitrogens with one attached hydrogen (secondary N) is 1. The van der Waals surface area contributed by atoms with Gasteiger partial charge in [0.25, 0.3) is 0 Å². The predicted octanol–water partition coefficient (Wildman–Crippen LogP) is 2.57. The first kappa shape index (κ1) is 17.1. The van der Waals surface area contributed by atoms with E-state index < -0.39 is 11.9 Å². The van der Waals surface area contributed by atoms with Crippen LogP contribution >= 0.6 is 0 Å². The minimum atomic E-state index is -1.17. The van der Waals surface area contributed by atoms with E-state index in [1.807, 2.05) is 0 Å². The molecule has 0 aliphatic rings. The molecule has 19 heavy (non-hydrogen) atoms. The Hall–Kier alpha value is -1.89. The van der Waals surface area contributed by atoms with E-state index in [9.17, 15) is 13.7 Å². The van der Waals surface area contributed by atoms with Gasteiger partial charge < -0.3 is 14.8 Å². The fraction of sp³-hybridized carbons (Fsp3) is 0.417. The Morgan fingerprint density at radius 1 is 1.32 bits per heavy atom. The van der Waals surface area contributed by atoms with Crippen LogP contribution in [0, 0.1) is 0 Å². The highest BCUT2D eigenvalue weighted by molar-refractivity contribution is 5.66. The van der Waals surface area contributed by atoms with Crippen molar-refractivity contribution in [3.8, 4) is 0 Å². The van der Waals surface area contributed by atoms with Gasteiger partial charge in [-0.15, -0.1) is 0 Å². The largest absolute Gasteiger partial charge is 0.491 e. The molecule has 0 spiro atoms. The van der Waals surface area contributed by atoms with E-state index in [0.29, 0.717) is 5.57 Å². The normalized spacial score (nSPS) is 10.8. The summed E-state index contributed by atoms with van der Waals surface area (Å²) in [6.45, 7) is 9.06. The smallest absolute Gasteiger partial charge is 0.444 e. The second-order valence-corrected chi connectivity index (χ2v) is 3.49. The number of allylic oxidation sites excluding steroid dienone is 3. The molecule has 0 unspecified atom stereocenters. The van der Waals surface area contributed by atoms with Gasteiger partial charge in [0.15, 0.2) is 0 Å². The average molecular weight is 277 g/mol. The van der Waals surface area contributed by atoms with Crippen molar-refractivity contribution in [1.82, 2.24) is 5.32 Å². The van der Waals surface area contributed by atoms with Gasteiger partial charge in [0, 0.05) is 17.1 Å². The summed E-state index contributed by atoms with van der Waals surface area (Å²) in [5.74, 6) is -0.344. The summed E-state index contributed by atoms with van der Waals surface area (Å²) < 4.78 is 34.2. The van der Waals surface area contributed by atoms with E-state index in [-0.39, 0.29) is 32.1 Å². The molecule has 0 fully saturated rings. The summed E-state index contributed by atoms with van der Waals surface area (Å²) in [7, 11) is 0. The molecule has 0 rings (SSSR count). The highest BCUT2D eigenvalue weighted by atomic mass is 19.3. The number of carbonyl (C=O) groups is 1. The second-order valence-electron chi connectivity index (χ2n) is 3.49. The summed E-state index contributed by atoms with van der Waals surface area (Å²) in [6.07, 6.45) is -0.0463. The van der Waals surface area contributed by atoms with Crippen LogP contribution in [0.25, 0.3) is 0 Å². The molecule has 5 nitrogen and oxygen atoms in total. The molecule has 0 bridgehead atoms. The predicted molar refractivity (Wildman–Crippen MR) is 65.5 cm³/mol. The Labute approximate surface area is 110 Å². The lowest BCUT2D eigenvalue weighted by Crippen LogP contribution is -2.26. The first-order valence-corrected chi connectivity index (χ1v) is 5.46. The van der Waals surface area contributed by atoms with Gasteiger partial charge >= 0.3 is 6.09 Å². The Kier molecular flexibility index (Phi) is 9.07. The molecule has 0 aromatic rings. The topological polar surface area (TPSA) is 56.8 Å². The molecule has 1 N–H and O–H groups in total. The third kappa shape index (κ3) is 9.78. The molecule has 7 heteroatoms. The number of hydrogen-bond acceptors (Lipinski definition) is 4. The zero-order chi connectivity index (χ0) is 14.7. The van der Waals surface area contributed by atoms with Crippen LogP contribution in [0.5, 0.6) is 0 Å². The zero-order valence-corrected chi connectivity index (χ0v) is 10.7. The summed E-state index contributed by atoms with van der Waals surface area (Å²) in [6, 6.07) is 0. The first-order chi connectivity index (χ1) is 8.97. The van der Waals surface area contributed by atoms with E-state index >= 15 is 0 Å². The monoisotopic (exact) mass is 277 g/mol. The van der Waals surface area contributed by atoms with Gasteiger partial charge in [-0.25, -0.2) is 14.1 Å². The third-order valence-corrected chi connectivity index (χ3v) is 1.78. The van der Waals surface area contributed by atoms with E-state index in [2.05, 4.69) is 23.4 Å². The minimum absolute atomic E-state index is 0.104. The van der Waals surface area contributed by atoms with Crippen LogP contribution in [0.4, 0.5) is 13.7 Å². The van der Waals surface area contributed by atoms with Gasteiger partial charge in [-0.2, -0.15) is 0 Å². The van der Waals surface area contributed by atoms with Gasteiger partial charge in [-0.1, -0.05) is 13.2 Å². The second kappa shape index (κ2) is 10.1. The fourth-order valence-electron chi connectivity index (χ4n) is 0.995. The van der Waals surface area contributed by atoms with Crippen LogP contribution < -0.4 is 5.32 Å². The summed E-state index contributed by atoms with van der Waals surface area (Å²) in [5, 5.41) is 2.09. The number of ether oxygens (including phenoxy) is 2. The molecule has 0 aromatic carbocycles. The molecule has 0 aromatic heterocycles. The van der Waals surface area contributed by atoms with Crippen molar-refractivity contribution in [2.75, 3.05) is 26.4 Å². The number of rotatable bonds is 9. The highest BCUT2D eigenvalue weighted by Gasteiger charge is 2.02. The standard InChI is InChI=1S/C12H17F2NO4/c1-9(2)11(8-10(3)13)18-7-6-17-5-4-15-12(16)19-14/h8H,1,3-7H2,2H3,(H,15,16)/b11-8+. The van der Waals surface area contributed by atoms with Gasteiger partial charge in [0.05, 0.1) is 13.2 Å². The molecular formula is C12H17F2NO4. The molecule has 0 radical (unpaired) electrons. The van der Waals surface area contributed by atoms with Crippen molar-refractivity contribution < 1.29 is 28.1 Å². The number of halogens is 2. The maximum absolute atomic E-state index is 12.6. The third-order valence-electron chi connectivity index (χ3n) is 1.78. The molecule has 0 atom stereocenters. The molecule has 0 saturated heterocycles. The molecular weight excluding hydrogens is 260 g/mol. The van der Waals surface area contributed by atoms with Crippen LogP contribution in [-0.4, -0.2) is 32.5 Å². The molecule has 108 valence electrons. The van der Waals surface area contributed by atoms with E-state index in [1.54, 1.807) is 6.92 Å². The fourth-order valence-corrected chi connectivity index (χ4v) is 0.995. The van der Waals surface area contributed by atoms with E-state index in [0.717, 1.165) is 6.08 Å². The van der Waals surface area contributed by atoms with Gasteiger partial charge in [-0.05, 0) is 12.5 Å². The molecule has 1 amide bonds. The Morgan fingerprint density at radius 3 is 2.53 bits per heavy atom. The lowest BCUT2D eigenvalue weighted by molar-refractivity contribution is -0.0629. The van der Waals surface area contributed by atoms with Crippen LogP contribution in [-0.2, 0) is 14.4 Å². The summed E-state index contributed by atoms with van der Waals surface area (Å²) in [5.41, 5.74) is 0.561.